The number of hydrogen-bond acceptors (Lipinski definition) is 3. The maximum Gasteiger partial charge on any atom is 0.119 e. The third-order valence-electron chi connectivity index (χ3n) is 4.77. The summed E-state index contributed by atoms with van der Waals surface area (Å²) >= 11 is 1.86. The van der Waals surface area contributed by atoms with E-state index in [1.807, 2.05) is 17.8 Å². The molecule has 4 heteroatoms. The number of nitrogens with one attached hydrogen (secondary N) is 2. The molecular weight excluding hydrogens is 316 g/mol. The molecule has 24 heavy (non-hydrogen) atoms. The van der Waals surface area contributed by atoms with Crippen LogP contribution in [0.15, 0.2) is 58.5 Å². The molecule has 2 heterocycles. The number of aromatic nitrogens is 1. The van der Waals surface area contributed by atoms with E-state index in [9.17, 15) is 0 Å². The summed E-state index contributed by atoms with van der Waals surface area (Å²) in [4.78, 5) is 6.00. The average Bonchev–Trinajstić information content (AvgIpc) is 3.05. The molecule has 3 aromatic rings. The number of ether oxygens (including phenoxy) is 1. The average molecular weight is 338 g/mol. The third-order valence-corrected chi connectivity index (χ3v) is 5.92. The van der Waals surface area contributed by atoms with Crippen molar-refractivity contribution in [2.24, 2.45) is 0 Å². The van der Waals surface area contributed by atoms with Crippen LogP contribution in [0.3, 0.4) is 0 Å². The second-order valence-electron chi connectivity index (χ2n) is 6.23. The molecule has 1 saturated heterocycles. The van der Waals surface area contributed by atoms with Gasteiger partial charge in [-0.2, -0.15) is 0 Å². The van der Waals surface area contributed by atoms with Gasteiger partial charge in [0, 0.05) is 26.9 Å². The monoisotopic (exact) mass is 338 g/mol. The first-order valence-electron chi connectivity index (χ1n) is 8.48. The number of H-pyrrole nitrogens is 1. The molecule has 3 nitrogen and oxygen atoms in total. The molecule has 1 aliphatic rings. The van der Waals surface area contributed by atoms with Crippen molar-refractivity contribution < 1.29 is 4.74 Å². The van der Waals surface area contributed by atoms with Crippen LogP contribution in [-0.2, 0) is 0 Å². The minimum atomic E-state index is 0.662. The van der Waals surface area contributed by atoms with E-state index in [-0.39, 0.29) is 0 Å². The van der Waals surface area contributed by atoms with Gasteiger partial charge < -0.3 is 15.0 Å². The predicted molar refractivity (Wildman–Crippen MR) is 100 cm³/mol. The zero-order valence-corrected chi connectivity index (χ0v) is 14.7. The maximum atomic E-state index is 5.39. The zero-order valence-electron chi connectivity index (χ0n) is 13.8. The van der Waals surface area contributed by atoms with Gasteiger partial charge >= 0.3 is 0 Å². The van der Waals surface area contributed by atoms with Crippen LogP contribution in [0.1, 0.15) is 24.3 Å². The van der Waals surface area contributed by atoms with E-state index in [1.165, 1.54) is 33.6 Å². The van der Waals surface area contributed by atoms with Crippen LogP contribution in [0.2, 0.25) is 0 Å². The smallest absolute Gasteiger partial charge is 0.119 e. The molecule has 0 radical (unpaired) electrons. The van der Waals surface area contributed by atoms with Crippen LogP contribution in [0, 0.1) is 0 Å². The third kappa shape index (κ3) is 3.04. The van der Waals surface area contributed by atoms with E-state index in [4.69, 9.17) is 4.74 Å². The maximum absolute atomic E-state index is 5.39. The number of hydrogen-bond donors (Lipinski definition) is 2. The van der Waals surface area contributed by atoms with E-state index in [2.05, 4.69) is 52.9 Å². The van der Waals surface area contributed by atoms with Crippen molar-refractivity contribution in [2.75, 3.05) is 20.2 Å². The van der Waals surface area contributed by atoms with Gasteiger partial charge in [-0.25, -0.2) is 0 Å². The van der Waals surface area contributed by atoms with E-state index >= 15 is 0 Å². The van der Waals surface area contributed by atoms with Crippen molar-refractivity contribution >= 4 is 22.7 Å². The molecule has 2 N–H and O–H groups in total. The number of piperidine rings is 1. The highest BCUT2D eigenvalue weighted by molar-refractivity contribution is 7.99. The van der Waals surface area contributed by atoms with Crippen LogP contribution in [-0.4, -0.2) is 25.2 Å². The first-order valence-corrected chi connectivity index (χ1v) is 9.29. The molecular formula is C20H22N2OS. The molecule has 0 saturated carbocycles. The summed E-state index contributed by atoms with van der Waals surface area (Å²) < 4.78 is 5.39. The summed E-state index contributed by atoms with van der Waals surface area (Å²) in [7, 11) is 1.72. The van der Waals surface area contributed by atoms with Crippen LogP contribution in [0.25, 0.3) is 10.9 Å². The Hall–Kier alpha value is -1.91. The number of methoxy groups -OCH3 is 1. The lowest BCUT2D eigenvalue weighted by Gasteiger charge is -2.24. The Morgan fingerprint density at radius 3 is 2.71 bits per heavy atom. The van der Waals surface area contributed by atoms with Gasteiger partial charge in [0.1, 0.15) is 5.75 Å². The van der Waals surface area contributed by atoms with Crippen molar-refractivity contribution in [3.63, 3.8) is 0 Å². The quantitative estimate of drug-likeness (QED) is 0.718. The van der Waals surface area contributed by atoms with Crippen molar-refractivity contribution in [1.29, 1.82) is 0 Å². The summed E-state index contributed by atoms with van der Waals surface area (Å²) in [6.45, 7) is 2.24. The molecule has 4 rings (SSSR count). The second kappa shape index (κ2) is 6.91. The second-order valence-corrected chi connectivity index (χ2v) is 7.31. The fraction of sp³-hybridized carbons (Fsp3) is 0.300. The number of rotatable bonds is 4. The highest BCUT2D eigenvalue weighted by Gasteiger charge is 2.19. The molecule has 1 aliphatic heterocycles. The molecule has 124 valence electrons. The highest BCUT2D eigenvalue weighted by Crippen LogP contribution is 2.40. The van der Waals surface area contributed by atoms with Gasteiger partial charge in [0.05, 0.1) is 7.11 Å². The Bertz CT molecular complexity index is 837. The van der Waals surface area contributed by atoms with Crippen LogP contribution >= 0.6 is 11.8 Å². The lowest BCUT2D eigenvalue weighted by atomic mass is 9.90. The fourth-order valence-corrected chi connectivity index (χ4v) is 4.58. The van der Waals surface area contributed by atoms with Crippen LogP contribution in [0.4, 0.5) is 0 Å². The molecule has 0 aliphatic carbocycles. The van der Waals surface area contributed by atoms with Gasteiger partial charge in [0.15, 0.2) is 0 Å². The van der Waals surface area contributed by atoms with Gasteiger partial charge in [-0.3, -0.25) is 0 Å². The summed E-state index contributed by atoms with van der Waals surface area (Å²) in [6, 6.07) is 15.0. The molecule has 2 aromatic carbocycles. The minimum Gasteiger partial charge on any atom is -0.497 e. The first-order chi connectivity index (χ1) is 11.8. The summed E-state index contributed by atoms with van der Waals surface area (Å²) in [5, 5.41) is 4.68. The Morgan fingerprint density at radius 1 is 1.04 bits per heavy atom. The van der Waals surface area contributed by atoms with Gasteiger partial charge in [-0.1, -0.05) is 30.0 Å². The first kappa shape index (κ1) is 15.6. The normalized spacial score (nSPS) is 15.7. The largest absolute Gasteiger partial charge is 0.497 e. The lowest BCUT2D eigenvalue weighted by Crippen LogP contribution is -2.26. The summed E-state index contributed by atoms with van der Waals surface area (Å²) in [5.74, 6) is 1.56. The van der Waals surface area contributed by atoms with Crippen molar-refractivity contribution in [3.05, 3.63) is 54.2 Å². The van der Waals surface area contributed by atoms with Crippen molar-refractivity contribution in [3.8, 4) is 5.75 Å². The Labute approximate surface area is 146 Å². The summed E-state index contributed by atoms with van der Waals surface area (Å²) in [5.41, 5.74) is 2.64. The molecule has 0 amide bonds. The Kier molecular flexibility index (Phi) is 4.50. The molecule has 0 spiro atoms. The Balaban J connectivity index is 1.68. The number of benzene rings is 2. The topological polar surface area (TPSA) is 37.0 Å². The van der Waals surface area contributed by atoms with Gasteiger partial charge in [0.2, 0.25) is 0 Å². The summed E-state index contributed by atoms with van der Waals surface area (Å²) in [6.07, 6.45) is 4.55. The fourth-order valence-electron chi connectivity index (χ4n) is 3.45. The molecule has 0 bridgehead atoms. The van der Waals surface area contributed by atoms with E-state index in [0.29, 0.717) is 5.92 Å². The van der Waals surface area contributed by atoms with Gasteiger partial charge in [0.25, 0.3) is 0 Å². The molecule has 1 fully saturated rings. The van der Waals surface area contributed by atoms with Crippen LogP contribution < -0.4 is 10.1 Å². The van der Waals surface area contributed by atoms with Gasteiger partial charge in [-0.15, -0.1) is 0 Å². The van der Waals surface area contributed by atoms with E-state index < -0.39 is 0 Å². The SMILES string of the molecule is COc1ccc2[nH]cc(Sc3ccccc3C3CCNCC3)c2c1. The van der Waals surface area contributed by atoms with Crippen molar-refractivity contribution in [1.82, 2.24) is 10.3 Å². The molecule has 1 aromatic heterocycles. The lowest BCUT2D eigenvalue weighted by molar-refractivity contribution is 0.415. The van der Waals surface area contributed by atoms with Gasteiger partial charge in [-0.05, 0) is 61.7 Å². The Morgan fingerprint density at radius 2 is 1.88 bits per heavy atom. The highest BCUT2D eigenvalue weighted by atomic mass is 32.2. The predicted octanol–water partition coefficient (Wildman–Crippen LogP) is 4.79. The van der Waals surface area contributed by atoms with E-state index in [0.717, 1.165) is 24.4 Å². The standard InChI is InChI=1S/C20H22N2OS/c1-23-15-6-7-18-17(12-15)20(13-22-18)24-19-5-3-2-4-16(19)14-8-10-21-11-9-14/h2-7,12-14,21-22H,8-11H2,1H3. The van der Waals surface area contributed by atoms with E-state index in [1.54, 1.807) is 7.11 Å². The zero-order chi connectivity index (χ0) is 16.4. The minimum absolute atomic E-state index is 0.662. The molecule has 0 atom stereocenters. The molecule has 0 unspecified atom stereocenters. The van der Waals surface area contributed by atoms with Crippen molar-refractivity contribution in [2.45, 2.75) is 28.6 Å². The number of fused-ring (bicyclic) bond motifs is 1. The number of aromatic amines is 1. The van der Waals surface area contributed by atoms with Crippen LogP contribution in [0.5, 0.6) is 5.75 Å².